The van der Waals surface area contributed by atoms with Crippen LogP contribution >= 0.6 is 0 Å². The zero-order chi connectivity index (χ0) is 22.7. The van der Waals surface area contributed by atoms with E-state index in [0.29, 0.717) is 17.7 Å². The van der Waals surface area contributed by atoms with Crippen molar-refractivity contribution in [3.8, 4) is 0 Å². The van der Waals surface area contributed by atoms with Crippen molar-refractivity contribution in [2.24, 2.45) is 10.7 Å². The van der Waals surface area contributed by atoms with Gasteiger partial charge in [-0.1, -0.05) is 0 Å². The number of amides is 1. The van der Waals surface area contributed by atoms with Gasteiger partial charge in [-0.2, -0.15) is 10.1 Å². The molecule has 1 amide bonds. The summed E-state index contributed by atoms with van der Waals surface area (Å²) < 4.78 is 12.9. The number of anilines is 1. The lowest BCUT2D eigenvalue weighted by Gasteiger charge is -2.29. The molecule has 0 saturated heterocycles. The number of allylic oxidation sites excluding steroid dienone is 1. The Balaban J connectivity index is 1.43. The zero-order valence-corrected chi connectivity index (χ0v) is 17.9. The fourth-order valence-electron chi connectivity index (χ4n) is 4.46. The lowest BCUT2D eigenvalue weighted by molar-refractivity contribution is -0.120. The second-order valence-electron chi connectivity index (χ2n) is 8.21. The first kappa shape index (κ1) is 19.4. The van der Waals surface area contributed by atoms with Gasteiger partial charge in [0.2, 0.25) is 5.91 Å². The van der Waals surface area contributed by atoms with Gasteiger partial charge in [-0.05, 0) is 37.1 Å². The number of fused-ring (bicyclic) bond motifs is 1. The summed E-state index contributed by atoms with van der Waals surface area (Å²) in [4.78, 5) is 22.9. The third-order valence-electron chi connectivity index (χ3n) is 6.20. The first-order valence-corrected chi connectivity index (χ1v) is 10.6. The molecule has 4 N–H and O–H groups in total. The molecule has 0 saturated carbocycles. The summed E-state index contributed by atoms with van der Waals surface area (Å²) >= 11 is 0. The van der Waals surface area contributed by atoms with Crippen LogP contribution in [0.3, 0.4) is 0 Å². The lowest BCUT2D eigenvalue weighted by atomic mass is 9.96. The Bertz CT molecular complexity index is 1440. The third-order valence-corrected chi connectivity index (χ3v) is 6.20. The third kappa shape index (κ3) is 3.02. The lowest BCUT2D eigenvalue weighted by Crippen LogP contribution is -2.31. The van der Waals surface area contributed by atoms with E-state index in [1.807, 2.05) is 24.4 Å². The average molecular weight is 443 g/mol. The highest BCUT2D eigenvalue weighted by Gasteiger charge is 2.35. The summed E-state index contributed by atoms with van der Waals surface area (Å²) in [7, 11) is 0. The molecule has 1 aromatic carbocycles. The molecule has 6 rings (SSSR count). The molecule has 0 spiro atoms. The monoisotopic (exact) mass is 443 g/mol. The van der Waals surface area contributed by atoms with E-state index in [2.05, 4.69) is 15.0 Å². The smallest absolute Gasteiger partial charge is 0.292 e. The van der Waals surface area contributed by atoms with E-state index in [1.165, 1.54) is 5.57 Å². The van der Waals surface area contributed by atoms with Crippen LogP contribution in [-0.4, -0.2) is 44.6 Å². The van der Waals surface area contributed by atoms with Crippen LogP contribution in [0.2, 0.25) is 0 Å². The van der Waals surface area contributed by atoms with Crippen molar-refractivity contribution < 1.29 is 13.9 Å². The maximum atomic E-state index is 11.6. The van der Waals surface area contributed by atoms with Crippen LogP contribution in [0, 0.1) is 0 Å². The fourth-order valence-corrected chi connectivity index (χ4v) is 4.46. The molecule has 5 heterocycles. The SMILES string of the molecule is CC(C(N)=O)n1cc(C2=COCC3=C4C2=CN=C(c2ccc5oc(N)nc5c2)N4CC3)cn1. The number of aromatic nitrogens is 3. The minimum Gasteiger partial charge on any atom is -0.496 e. The van der Waals surface area contributed by atoms with Crippen molar-refractivity contribution in [2.75, 3.05) is 18.9 Å². The van der Waals surface area contributed by atoms with Gasteiger partial charge in [-0.25, -0.2) is 4.99 Å². The van der Waals surface area contributed by atoms with Crippen LogP contribution in [0.4, 0.5) is 6.01 Å². The van der Waals surface area contributed by atoms with Crippen LogP contribution in [0.5, 0.6) is 0 Å². The molecule has 2 aromatic heterocycles. The van der Waals surface area contributed by atoms with E-state index >= 15 is 0 Å². The highest BCUT2D eigenvalue weighted by atomic mass is 16.5. The molecule has 0 radical (unpaired) electrons. The molecule has 3 aliphatic rings. The van der Waals surface area contributed by atoms with Crippen LogP contribution < -0.4 is 11.5 Å². The normalized spacial score (nSPS) is 18.3. The minimum atomic E-state index is -0.547. The molecule has 0 bridgehead atoms. The number of nitrogens with two attached hydrogens (primary N) is 2. The summed E-state index contributed by atoms with van der Waals surface area (Å²) in [5.74, 6) is 0.395. The number of hydrogen-bond donors (Lipinski definition) is 2. The van der Waals surface area contributed by atoms with Crippen LogP contribution in [-0.2, 0) is 9.53 Å². The standard InChI is InChI=1S/C23H21N7O3/c1-12(21(24)31)30-9-15(7-27-30)17-11-32-10-14-4-5-29-20(14)16(17)8-26-22(29)13-2-3-19-18(6-13)28-23(25)33-19/h2-3,6-9,11-12H,4-5,10H2,1H3,(H2,24,31)(H2,25,28). The first-order chi connectivity index (χ1) is 16.0. The van der Waals surface area contributed by atoms with Crippen LogP contribution in [0.15, 0.2) is 69.3 Å². The molecule has 33 heavy (non-hydrogen) atoms. The van der Waals surface area contributed by atoms with Crippen molar-refractivity contribution >= 4 is 34.4 Å². The van der Waals surface area contributed by atoms with Gasteiger partial charge in [0.25, 0.3) is 6.01 Å². The molecule has 166 valence electrons. The van der Waals surface area contributed by atoms with Crippen molar-refractivity contribution in [2.45, 2.75) is 19.4 Å². The predicted molar refractivity (Wildman–Crippen MR) is 121 cm³/mol. The molecular formula is C23H21N7O3. The van der Waals surface area contributed by atoms with Gasteiger partial charge in [0, 0.05) is 41.2 Å². The number of nitrogen functional groups attached to an aromatic ring is 1. The van der Waals surface area contributed by atoms with Gasteiger partial charge >= 0.3 is 0 Å². The van der Waals surface area contributed by atoms with Gasteiger partial charge in [0.15, 0.2) is 5.58 Å². The Morgan fingerprint density at radius 1 is 1.24 bits per heavy atom. The Morgan fingerprint density at radius 2 is 2.12 bits per heavy atom. The number of carbonyl (C=O) groups is 1. The van der Waals surface area contributed by atoms with E-state index in [4.69, 9.17) is 25.6 Å². The predicted octanol–water partition coefficient (Wildman–Crippen LogP) is 2.33. The second-order valence-corrected chi connectivity index (χ2v) is 8.21. The van der Waals surface area contributed by atoms with E-state index in [-0.39, 0.29) is 6.01 Å². The van der Waals surface area contributed by atoms with E-state index < -0.39 is 11.9 Å². The molecule has 10 heteroatoms. The number of rotatable bonds is 4. The van der Waals surface area contributed by atoms with Gasteiger partial charge in [0.1, 0.15) is 24.0 Å². The quantitative estimate of drug-likeness (QED) is 0.631. The summed E-state index contributed by atoms with van der Waals surface area (Å²) in [6.45, 7) is 3.02. The molecule has 10 nitrogen and oxygen atoms in total. The number of ether oxygens (including phenoxy) is 1. The molecule has 3 aliphatic heterocycles. The number of nitrogens with zero attached hydrogens (tertiary/aromatic N) is 5. The number of carbonyl (C=O) groups excluding carboxylic acids is 1. The van der Waals surface area contributed by atoms with Crippen LogP contribution in [0.25, 0.3) is 16.7 Å². The molecule has 0 aliphatic carbocycles. The second kappa shape index (κ2) is 7.09. The number of amidine groups is 1. The van der Waals surface area contributed by atoms with Crippen molar-refractivity contribution in [3.05, 3.63) is 71.0 Å². The zero-order valence-electron chi connectivity index (χ0n) is 17.9. The summed E-state index contributed by atoms with van der Waals surface area (Å²) in [5, 5.41) is 4.33. The fraction of sp³-hybridized carbons (Fsp3) is 0.217. The molecule has 3 aromatic rings. The van der Waals surface area contributed by atoms with E-state index in [0.717, 1.165) is 46.8 Å². The van der Waals surface area contributed by atoms with Crippen molar-refractivity contribution in [3.63, 3.8) is 0 Å². The maximum Gasteiger partial charge on any atom is 0.292 e. The average Bonchev–Trinajstić information content (AvgIpc) is 3.50. The molecule has 1 atom stereocenters. The molecule has 0 fully saturated rings. The number of hydrogen-bond acceptors (Lipinski definition) is 8. The van der Waals surface area contributed by atoms with Crippen LogP contribution in [0.1, 0.15) is 30.5 Å². The number of aliphatic imine (C=N–C) groups is 1. The highest BCUT2D eigenvalue weighted by molar-refractivity contribution is 6.05. The number of benzene rings is 1. The molecule has 1 unspecified atom stereocenters. The molecular weight excluding hydrogens is 422 g/mol. The Hall–Kier alpha value is -4.34. The number of primary amides is 1. The number of oxazole rings is 1. The van der Waals surface area contributed by atoms with Gasteiger partial charge in [-0.3, -0.25) is 9.48 Å². The van der Waals surface area contributed by atoms with E-state index in [1.54, 1.807) is 30.3 Å². The Morgan fingerprint density at radius 3 is 2.97 bits per heavy atom. The van der Waals surface area contributed by atoms with Crippen molar-refractivity contribution in [1.29, 1.82) is 0 Å². The topological polar surface area (TPSA) is 138 Å². The largest absolute Gasteiger partial charge is 0.496 e. The van der Waals surface area contributed by atoms with Gasteiger partial charge in [-0.15, -0.1) is 0 Å². The maximum absolute atomic E-state index is 11.6. The van der Waals surface area contributed by atoms with E-state index in [9.17, 15) is 4.79 Å². The Kier molecular flexibility index (Phi) is 4.16. The minimum absolute atomic E-state index is 0.142. The Labute approximate surface area is 188 Å². The summed E-state index contributed by atoms with van der Waals surface area (Å²) in [5.41, 5.74) is 18.4. The van der Waals surface area contributed by atoms with Gasteiger partial charge < -0.3 is 25.5 Å². The highest BCUT2D eigenvalue weighted by Crippen LogP contribution is 2.42. The summed E-state index contributed by atoms with van der Waals surface area (Å²) in [6.07, 6.45) is 8.00. The first-order valence-electron chi connectivity index (χ1n) is 10.6. The van der Waals surface area contributed by atoms with Crippen molar-refractivity contribution in [1.82, 2.24) is 19.7 Å². The summed E-state index contributed by atoms with van der Waals surface area (Å²) in [6, 6.07) is 5.35. The van der Waals surface area contributed by atoms with Gasteiger partial charge in [0.05, 0.1) is 18.2 Å².